The zero-order valence-electron chi connectivity index (χ0n) is 13.8. The minimum absolute atomic E-state index is 0.0894. The molecule has 0 aromatic carbocycles. The molecule has 0 radical (unpaired) electrons. The summed E-state index contributed by atoms with van der Waals surface area (Å²) in [5, 5.41) is -2.04. The highest BCUT2D eigenvalue weighted by Crippen LogP contribution is 2.58. The van der Waals surface area contributed by atoms with Crippen LogP contribution in [0.2, 0.25) is 0 Å². The van der Waals surface area contributed by atoms with E-state index in [-0.39, 0.29) is 37.2 Å². The molecule has 0 unspecified atom stereocenters. The number of amides is 1. The fraction of sp³-hybridized carbons (Fsp3) is 0.846. The summed E-state index contributed by atoms with van der Waals surface area (Å²) >= 11 is 4.69. The van der Waals surface area contributed by atoms with Gasteiger partial charge in [0.25, 0.3) is 0 Å². The number of esters is 1. The van der Waals surface area contributed by atoms with E-state index in [0.29, 0.717) is 0 Å². The van der Waals surface area contributed by atoms with E-state index in [1.54, 1.807) is 13.8 Å². The monoisotopic (exact) mass is 393 g/mol. The number of carbonyl (C=O) groups is 2. The van der Waals surface area contributed by atoms with Crippen molar-refractivity contribution in [3.8, 4) is 0 Å². The van der Waals surface area contributed by atoms with Crippen LogP contribution in [0.15, 0.2) is 0 Å². The predicted octanol–water partition coefficient (Wildman–Crippen LogP) is 2.53. The predicted molar refractivity (Wildman–Crippen MR) is 85.7 cm³/mol. The van der Waals surface area contributed by atoms with Crippen LogP contribution >= 0.6 is 6.49 Å². The van der Waals surface area contributed by atoms with E-state index >= 15 is 0 Å². The fourth-order valence-corrected chi connectivity index (χ4v) is 4.89. The van der Waals surface area contributed by atoms with Crippen LogP contribution in [-0.2, 0) is 26.1 Å². The van der Waals surface area contributed by atoms with Gasteiger partial charge in [-0.05, 0) is 31.6 Å². The molecule has 0 saturated heterocycles. The smallest absolute Gasteiger partial charge is 0.465 e. The number of ether oxygens (including phenoxy) is 1. The summed E-state index contributed by atoms with van der Waals surface area (Å²) in [5.74, 6) is -3.41. The van der Waals surface area contributed by atoms with Gasteiger partial charge in [-0.15, -0.1) is 0 Å². The fourth-order valence-electron chi connectivity index (χ4n) is 2.54. The molecule has 0 bridgehead atoms. The van der Waals surface area contributed by atoms with E-state index in [1.807, 2.05) is 0 Å². The van der Waals surface area contributed by atoms with E-state index < -0.39 is 36.4 Å². The van der Waals surface area contributed by atoms with E-state index in [4.69, 9.17) is 11.8 Å². The van der Waals surface area contributed by atoms with Crippen molar-refractivity contribution in [1.29, 1.82) is 0 Å². The summed E-state index contributed by atoms with van der Waals surface area (Å²) in [5.41, 5.74) is 0. The Morgan fingerprint density at radius 2 is 1.58 bits per heavy atom. The lowest BCUT2D eigenvalue weighted by atomic mass is 10.0. The first-order valence-corrected chi connectivity index (χ1v) is 10.2. The second-order valence-electron chi connectivity index (χ2n) is 5.22. The van der Waals surface area contributed by atoms with Crippen LogP contribution in [-0.4, -0.2) is 51.2 Å². The highest BCUT2D eigenvalue weighted by atomic mass is 32.5. The molecule has 0 aliphatic rings. The molecule has 0 aliphatic carbocycles. The molecule has 0 aromatic heterocycles. The van der Waals surface area contributed by atoms with Crippen LogP contribution in [0.25, 0.3) is 0 Å². The normalized spacial score (nSPS) is 12.8. The SMILES string of the molecule is CCCC(CCC)(N(CC(=O)OCC)C(=O)C(F)(F)F)P(O)(O)=S. The van der Waals surface area contributed by atoms with Gasteiger partial charge in [-0.3, -0.25) is 9.59 Å². The Bertz CT molecular complexity index is 488. The number of alkyl halides is 3. The molecule has 0 atom stereocenters. The van der Waals surface area contributed by atoms with E-state index in [9.17, 15) is 32.5 Å². The Morgan fingerprint density at radius 3 is 1.88 bits per heavy atom. The Kier molecular flexibility index (Phi) is 8.86. The maximum atomic E-state index is 13.0. The van der Waals surface area contributed by atoms with Gasteiger partial charge in [0.15, 0.2) is 0 Å². The van der Waals surface area contributed by atoms with E-state index in [2.05, 4.69) is 4.74 Å². The molecular formula is C13H23F3NO5PS. The Balaban J connectivity index is 6.20. The van der Waals surface area contributed by atoms with Gasteiger partial charge in [-0.1, -0.05) is 26.7 Å². The van der Waals surface area contributed by atoms with Gasteiger partial charge in [0.1, 0.15) is 11.8 Å². The van der Waals surface area contributed by atoms with E-state index in [0.717, 1.165) is 0 Å². The van der Waals surface area contributed by atoms with Crippen LogP contribution in [0.5, 0.6) is 0 Å². The number of carbonyl (C=O) groups excluding carboxylic acids is 2. The first kappa shape index (κ1) is 23.3. The van der Waals surface area contributed by atoms with Crippen molar-refractivity contribution in [3.05, 3.63) is 0 Å². The minimum atomic E-state index is -5.29. The highest BCUT2D eigenvalue weighted by molar-refractivity contribution is 8.09. The Labute approximate surface area is 144 Å². The number of halogens is 3. The average Bonchev–Trinajstić information content (AvgIpc) is 2.41. The molecular weight excluding hydrogens is 370 g/mol. The lowest BCUT2D eigenvalue weighted by Gasteiger charge is -2.45. The second kappa shape index (κ2) is 9.12. The average molecular weight is 393 g/mol. The zero-order valence-corrected chi connectivity index (χ0v) is 15.5. The molecule has 0 spiro atoms. The summed E-state index contributed by atoms with van der Waals surface area (Å²) in [7, 11) is 0. The Morgan fingerprint density at radius 1 is 1.12 bits per heavy atom. The van der Waals surface area contributed by atoms with Crippen molar-refractivity contribution in [1.82, 2.24) is 4.90 Å². The maximum absolute atomic E-state index is 13.0. The third kappa shape index (κ3) is 5.68. The van der Waals surface area contributed by atoms with Gasteiger partial charge in [-0.25, -0.2) is 0 Å². The summed E-state index contributed by atoms with van der Waals surface area (Å²) in [6, 6.07) is 0. The first-order valence-electron chi connectivity index (χ1n) is 7.47. The molecule has 142 valence electrons. The minimum Gasteiger partial charge on any atom is -0.465 e. The van der Waals surface area contributed by atoms with Crippen LogP contribution in [0, 0.1) is 0 Å². The molecule has 0 aromatic rings. The summed E-state index contributed by atoms with van der Waals surface area (Å²) < 4.78 is 43.6. The molecule has 24 heavy (non-hydrogen) atoms. The summed E-state index contributed by atoms with van der Waals surface area (Å²) in [4.78, 5) is 43.9. The van der Waals surface area contributed by atoms with Gasteiger partial charge in [-0.2, -0.15) is 13.2 Å². The van der Waals surface area contributed by atoms with Crippen molar-refractivity contribution in [2.24, 2.45) is 0 Å². The number of nitrogens with zero attached hydrogens (tertiary/aromatic N) is 1. The van der Waals surface area contributed by atoms with Gasteiger partial charge in [0.2, 0.25) is 6.49 Å². The lowest BCUT2D eigenvalue weighted by molar-refractivity contribution is -0.191. The number of hydrogen-bond donors (Lipinski definition) is 2. The quantitative estimate of drug-likeness (QED) is 0.462. The third-order valence-electron chi connectivity index (χ3n) is 3.43. The molecule has 0 heterocycles. The molecule has 11 heteroatoms. The molecule has 0 rings (SSSR count). The highest BCUT2D eigenvalue weighted by Gasteiger charge is 2.55. The number of hydrogen-bond acceptors (Lipinski definition) is 4. The molecule has 0 saturated carbocycles. The summed E-state index contributed by atoms with van der Waals surface area (Å²) in [6.07, 6.45) is -5.16. The van der Waals surface area contributed by atoms with Crippen molar-refractivity contribution in [3.63, 3.8) is 0 Å². The van der Waals surface area contributed by atoms with Gasteiger partial charge >= 0.3 is 18.1 Å². The molecule has 6 nitrogen and oxygen atoms in total. The van der Waals surface area contributed by atoms with Crippen molar-refractivity contribution in [2.45, 2.75) is 57.9 Å². The second-order valence-corrected chi connectivity index (χ2v) is 8.67. The van der Waals surface area contributed by atoms with Crippen LogP contribution < -0.4 is 0 Å². The van der Waals surface area contributed by atoms with Crippen LogP contribution in [0.4, 0.5) is 13.2 Å². The van der Waals surface area contributed by atoms with Crippen molar-refractivity contribution < 1.29 is 37.3 Å². The van der Waals surface area contributed by atoms with Crippen LogP contribution in [0.1, 0.15) is 46.5 Å². The van der Waals surface area contributed by atoms with Crippen molar-refractivity contribution in [2.75, 3.05) is 13.2 Å². The van der Waals surface area contributed by atoms with Gasteiger partial charge < -0.3 is 19.4 Å². The standard InChI is InChI=1S/C13H23F3NO5PS/c1-4-7-12(8-5-2,23(20,21)24)17(9-10(18)22-6-3)11(19)13(14,15)16/h4-9H2,1-3H3,(H2,20,21,24). The first-order chi connectivity index (χ1) is 10.9. The Hall–Kier alpha value is -0.700. The number of rotatable bonds is 9. The molecule has 0 aliphatic heterocycles. The largest absolute Gasteiger partial charge is 0.471 e. The molecule has 0 fully saturated rings. The summed E-state index contributed by atoms with van der Waals surface area (Å²) in [6.45, 7) is -0.829. The molecule has 1 amide bonds. The third-order valence-corrected chi connectivity index (χ3v) is 6.22. The lowest BCUT2D eigenvalue weighted by Crippen LogP contribution is -2.57. The van der Waals surface area contributed by atoms with E-state index in [1.165, 1.54) is 6.92 Å². The van der Waals surface area contributed by atoms with Crippen LogP contribution in [0.3, 0.4) is 0 Å². The maximum Gasteiger partial charge on any atom is 0.471 e. The zero-order chi connectivity index (χ0) is 19.2. The molecule has 2 N–H and O–H groups in total. The topological polar surface area (TPSA) is 87.1 Å². The van der Waals surface area contributed by atoms with Gasteiger partial charge in [0.05, 0.1) is 6.61 Å². The van der Waals surface area contributed by atoms with Gasteiger partial charge in [0, 0.05) is 0 Å². The van der Waals surface area contributed by atoms with Crippen molar-refractivity contribution >= 4 is 30.2 Å².